The lowest BCUT2D eigenvalue weighted by atomic mass is 10.1. The lowest BCUT2D eigenvalue weighted by Gasteiger charge is -2.37. The summed E-state index contributed by atoms with van der Waals surface area (Å²) in [6.45, 7) is 1.40. The summed E-state index contributed by atoms with van der Waals surface area (Å²) in [7, 11) is 1.64. The van der Waals surface area contributed by atoms with Gasteiger partial charge >= 0.3 is 6.18 Å². The van der Waals surface area contributed by atoms with Crippen LogP contribution in [0.15, 0.2) is 18.3 Å². The van der Waals surface area contributed by atoms with E-state index in [0.717, 1.165) is 6.07 Å². The maximum absolute atomic E-state index is 12.7. The van der Waals surface area contributed by atoms with E-state index in [-0.39, 0.29) is 11.9 Å². The Bertz CT molecular complexity index is 374. The van der Waals surface area contributed by atoms with Crippen LogP contribution in [0, 0.1) is 0 Å². The fourth-order valence-electron chi connectivity index (χ4n) is 1.62. The number of rotatable bonds is 2. The van der Waals surface area contributed by atoms with E-state index in [2.05, 4.69) is 10.3 Å². The average Bonchev–Trinajstić information content (AvgIpc) is 2.13. The molecule has 1 N–H and O–H groups in total. The molecule has 0 amide bonds. The summed E-state index contributed by atoms with van der Waals surface area (Å²) in [5.74, 6) is 0.00139. The van der Waals surface area contributed by atoms with Gasteiger partial charge in [-0.05, 0) is 12.1 Å². The monoisotopic (exact) mass is 231 g/mol. The molecular weight excluding hydrogens is 219 g/mol. The van der Waals surface area contributed by atoms with Crippen LogP contribution in [0.5, 0.6) is 0 Å². The normalized spacial score (nSPS) is 17.0. The van der Waals surface area contributed by atoms with Gasteiger partial charge in [0.1, 0.15) is 5.82 Å². The summed E-state index contributed by atoms with van der Waals surface area (Å²) in [4.78, 5) is 5.41. The van der Waals surface area contributed by atoms with Gasteiger partial charge in [0, 0.05) is 26.3 Å². The second-order valence-electron chi connectivity index (χ2n) is 3.80. The number of nitrogens with zero attached hydrogens (tertiary/aromatic N) is 2. The number of aromatic nitrogens is 1. The van der Waals surface area contributed by atoms with Gasteiger partial charge in [0.2, 0.25) is 0 Å². The predicted molar refractivity (Wildman–Crippen MR) is 54.3 cm³/mol. The number of nitrogens with one attached hydrogen (secondary N) is 1. The quantitative estimate of drug-likeness (QED) is 0.836. The number of halogens is 3. The van der Waals surface area contributed by atoms with Crippen molar-refractivity contribution in [2.24, 2.45) is 0 Å². The number of hydrogen-bond acceptors (Lipinski definition) is 3. The molecule has 0 atom stereocenters. The first-order chi connectivity index (χ1) is 7.50. The number of hydrogen-bond donors (Lipinski definition) is 1. The molecule has 2 heterocycles. The van der Waals surface area contributed by atoms with E-state index >= 15 is 0 Å². The molecule has 0 bridgehead atoms. The Morgan fingerprint density at radius 1 is 1.44 bits per heavy atom. The topological polar surface area (TPSA) is 28.2 Å². The Kier molecular flexibility index (Phi) is 2.75. The SMILES string of the molecule is CN(c1ncccc1C(F)(F)F)C1CNC1. The van der Waals surface area contributed by atoms with E-state index in [1.54, 1.807) is 11.9 Å². The molecule has 1 aliphatic rings. The fourth-order valence-corrected chi connectivity index (χ4v) is 1.62. The van der Waals surface area contributed by atoms with Crippen molar-refractivity contribution >= 4 is 5.82 Å². The van der Waals surface area contributed by atoms with Crippen molar-refractivity contribution in [3.63, 3.8) is 0 Å². The lowest BCUT2D eigenvalue weighted by molar-refractivity contribution is -0.137. The van der Waals surface area contributed by atoms with E-state index < -0.39 is 11.7 Å². The summed E-state index contributed by atoms with van der Waals surface area (Å²) in [6.07, 6.45) is -2.97. The minimum Gasteiger partial charge on any atom is -0.354 e. The number of pyridine rings is 1. The van der Waals surface area contributed by atoms with Crippen molar-refractivity contribution in [2.45, 2.75) is 12.2 Å². The molecule has 0 unspecified atom stereocenters. The molecule has 1 fully saturated rings. The zero-order valence-electron chi connectivity index (χ0n) is 8.75. The predicted octanol–water partition coefficient (Wildman–Crippen LogP) is 1.51. The Morgan fingerprint density at radius 2 is 2.12 bits per heavy atom. The molecule has 0 spiro atoms. The second-order valence-corrected chi connectivity index (χ2v) is 3.80. The largest absolute Gasteiger partial charge is 0.419 e. The third-order valence-electron chi connectivity index (χ3n) is 2.73. The molecule has 16 heavy (non-hydrogen) atoms. The highest BCUT2D eigenvalue weighted by molar-refractivity contribution is 5.49. The van der Waals surface area contributed by atoms with Crippen LogP contribution in [0.1, 0.15) is 5.56 Å². The first-order valence-electron chi connectivity index (χ1n) is 4.96. The van der Waals surface area contributed by atoms with E-state index in [4.69, 9.17) is 0 Å². The van der Waals surface area contributed by atoms with Crippen LogP contribution in [0.3, 0.4) is 0 Å². The Labute approximate surface area is 91.3 Å². The molecule has 1 aromatic rings. The van der Waals surface area contributed by atoms with Gasteiger partial charge in [0.05, 0.1) is 11.6 Å². The molecular formula is C10H12F3N3. The van der Waals surface area contributed by atoms with Crippen LogP contribution in [0.4, 0.5) is 19.0 Å². The van der Waals surface area contributed by atoms with Gasteiger partial charge in [0.25, 0.3) is 0 Å². The fraction of sp³-hybridized carbons (Fsp3) is 0.500. The van der Waals surface area contributed by atoms with Crippen molar-refractivity contribution in [1.29, 1.82) is 0 Å². The van der Waals surface area contributed by atoms with E-state index in [0.29, 0.717) is 13.1 Å². The standard InChI is InChI=1S/C10H12F3N3/c1-16(7-5-14-6-7)9-8(10(11,12)13)3-2-4-15-9/h2-4,7,14H,5-6H2,1H3. The van der Waals surface area contributed by atoms with E-state index in [1.165, 1.54) is 12.3 Å². The molecule has 1 saturated heterocycles. The Hall–Kier alpha value is -1.30. The van der Waals surface area contributed by atoms with Gasteiger partial charge in [-0.15, -0.1) is 0 Å². The van der Waals surface area contributed by atoms with Crippen molar-refractivity contribution < 1.29 is 13.2 Å². The summed E-state index contributed by atoms with van der Waals surface area (Å²) >= 11 is 0. The Morgan fingerprint density at radius 3 is 2.62 bits per heavy atom. The lowest BCUT2D eigenvalue weighted by Crippen LogP contribution is -2.56. The zero-order valence-corrected chi connectivity index (χ0v) is 8.75. The molecule has 2 rings (SSSR count). The van der Waals surface area contributed by atoms with Crippen LogP contribution < -0.4 is 10.2 Å². The van der Waals surface area contributed by atoms with Gasteiger partial charge in [0.15, 0.2) is 0 Å². The van der Waals surface area contributed by atoms with E-state index in [1.807, 2.05) is 0 Å². The molecule has 0 aromatic carbocycles. The average molecular weight is 231 g/mol. The molecule has 0 aliphatic carbocycles. The minimum atomic E-state index is -4.35. The first kappa shape index (κ1) is 11.2. The minimum absolute atomic E-state index is 0.00139. The van der Waals surface area contributed by atoms with Gasteiger partial charge in [-0.3, -0.25) is 0 Å². The molecule has 1 aliphatic heterocycles. The molecule has 88 valence electrons. The van der Waals surface area contributed by atoms with Gasteiger partial charge in [-0.25, -0.2) is 4.98 Å². The maximum atomic E-state index is 12.7. The van der Waals surface area contributed by atoms with Crippen LogP contribution in [0.2, 0.25) is 0 Å². The summed E-state index contributed by atoms with van der Waals surface area (Å²) in [6, 6.07) is 2.46. The Balaban J connectivity index is 2.32. The van der Waals surface area contributed by atoms with Crippen molar-refractivity contribution in [3.8, 4) is 0 Å². The smallest absolute Gasteiger partial charge is 0.354 e. The first-order valence-corrected chi connectivity index (χ1v) is 4.96. The molecule has 0 saturated carbocycles. The van der Waals surface area contributed by atoms with Gasteiger partial charge in [-0.1, -0.05) is 0 Å². The zero-order chi connectivity index (χ0) is 11.8. The highest BCUT2D eigenvalue weighted by atomic mass is 19.4. The van der Waals surface area contributed by atoms with Crippen molar-refractivity contribution in [1.82, 2.24) is 10.3 Å². The third kappa shape index (κ3) is 1.97. The summed E-state index contributed by atoms with van der Waals surface area (Å²) in [5, 5.41) is 3.02. The number of likely N-dealkylation sites (N-methyl/N-ethyl adjacent to an activating group) is 1. The molecule has 0 radical (unpaired) electrons. The van der Waals surface area contributed by atoms with Gasteiger partial charge < -0.3 is 10.2 Å². The van der Waals surface area contributed by atoms with Crippen LogP contribution in [-0.2, 0) is 6.18 Å². The summed E-state index contributed by atoms with van der Waals surface area (Å²) < 4.78 is 38.1. The summed E-state index contributed by atoms with van der Waals surface area (Å²) in [5.41, 5.74) is -0.676. The van der Waals surface area contributed by atoms with E-state index in [9.17, 15) is 13.2 Å². The van der Waals surface area contributed by atoms with Gasteiger partial charge in [-0.2, -0.15) is 13.2 Å². The number of alkyl halides is 3. The third-order valence-corrected chi connectivity index (χ3v) is 2.73. The van der Waals surface area contributed by atoms with Crippen LogP contribution >= 0.6 is 0 Å². The molecule has 3 nitrogen and oxygen atoms in total. The van der Waals surface area contributed by atoms with Crippen LogP contribution in [0.25, 0.3) is 0 Å². The highest BCUT2D eigenvalue weighted by Crippen LogP contribution is 2.35. The van der Waals surface area contributed by atoms with Crippen LogP contribution in [-0.4, -0.2) is 31.2 Å². The number of anilines is 1. The molecule has 6 heteroatoms. The van der Waals surface area contributed by atoms with Crippen molar-refractivity contribution in [2.75, 3.05) is 25.0 Å². The maximum Gasteiger partial charge on any atom is 0.419 e. The molecule has 1 aromatic heterocycles. The second kappa shape index (κ2) is 3.93. The van der Waals surface area contributed by atoms with Crippen molar-refractivity contribution in [3.05, 3.63) is 23.9 Å². The highest BCUT2D eigenvalue weighted by Gasteiger charge is 2.36.